The first kappa shape index (κ1) is 23.2. The summed E-state index contributed by atoms with van der Waals surface area (Å²) in [7, 11) is 1.59. The minimum Gasteiger partial charge on any atom is -0.444 e. The van der Waals surface area contributed by atoms with E-state index in [9.17, 15) is 9.59 Å². The van der Waals surface area contributed by atoms with Gasteiger partial charge in [0.25, 0.3) is 0 Å². The lowest BCUT2D eigenvalue weighted by Crippen LogP contribution is -2.48. The van der Waals surface area contributed by atoms with Crippen LogP contribution in [0.1, 0.15) is 51.4 Å². The third-order valence-electron chi connectivity index (χ3n) is 5.30. The summed E-state index contributed by atoms with van der Waals surface area (Å²) >= 11 is 1.61. The van der Waals surface area contributed by atoms with Crippen molar-refractivity contribution in [2.75, 3.05) is 13.7 Å². The summed E-state index contributed by atoms with van der Waals surface area (Å²) in [5, 5.41) is 3.04. The lowest BCUT2D eigenvalue weighted by Gasteiger charge is -2.28. The molecule has 7 nitrogen and oxygen atoms in total. The molecule has 168 valence electrons. The highest BCUT2D eigenvalue weighted by Gasteiger charge is 2.42. The Morgan fingerprint density at radius 3 is 2.48 bits per heavy atom. The first-order valence-corrected chi connectivity index (χ1v) is 11.3. The van der Waals surface area contributed by atoms with Crippen molar-refractivity contribution >= 4 is 23.3 Å². The Labute approximate surface area is 187 Å². The SMILES string of the molecule is CO[C@@H]1C[C@H](C(=O)NC(C)c2ccc(-c3scnc3C)cc2)N(C(=O)OC(C)(C)C)C1. The normalized spacial score (nSPS) is 19.9. The molecule has 31 heavy (non-hydrogen) atoms. The number of carbonyl (C=O) groups is 2. The standard InChI is InChI=1S/C23H31N3O4S/c1-14(16-7-9-17(10-8-16)20-15(2)24-13-31-20)25-21(27)19-11-18(29-6)12-26(19)22(28)30-23(3,4)5/h7-10,13-14,18-19H,11-12H2,1-6H3,(H,25,27)/t14?,18-,19-/m1/s1. The van der Waals surface area contributed by atoms with Crippen molar-refractivity contribution in [2.24, 2.45) is 0 Å². The third-order valence-corrected chi connectivity index (χ3v) is 6.28. The molecule has 1 fully saturated rings. The van der Waals surface area contributed by atoms with Gasteiger partial charge in [0, 0.05) is 13.5 Å². The zero-order valence-electron chi connectivity index (χ0n) is 19.0. The second-order valence-electron chi connectivity index (χ2n) is 8.86. The number of ether oxygens (including phenoxy) is 2. The maximum atomic E-state index is 13.0. The average Bonchev–Trinajstić information content (AvgIpc) is 3.33. The largest absolute Gasteiger partial charge is 0.444 e. The summed E-state index contributed by atoms with van der Waals surface area (Å²) in [6.45, 7) is 9.69. The van der Waals surface area contributed by atoms with Crippen molar-refractivity contribution in [3.63, 3.8) is 0 Å². The number of benzene rings is 1. The van der Waals surface area contributed by atoms with Crippen molar-refractivity contribution < 1.29 is 19.1 Å². The third kappa shape index (κ3) is 5.62. The van der Waals surface area contributed by atoms with Gasteiger partial charge in [-0.15, -0.1) is 11.3 Å². The van der Waals surface area contributed by atoms with Crippen LogP contribution in [0.2, 0.25) is 0 Å². The van der Waals surface area contributed by atoms with Gasteiger partial charge in [-0.2, -0.15) is 0 Å². The van der Waals surface area contributed by atoms with Gasteiger partial charge in [-0.3, -0.25) is 9.69 Å². The summed E-state index contributed by atoms with van der Waals surface area (Å²) in [6, 6.07) is 7.28. The zero-order chi connectivity index (χ0) is 22.8. The fourth-order valence-electron chi connectivity index (χ4n) is 3.63. The predicted octanol–water partition coefficient (Wildman–Crippen LogP) is 4.32. The van der Waals surface area contributed by atoms with Crippen LogP contribution in [-0.4, -0.2) is 53.3 Å². The molecule has 2 heterocycles. The van der Waals surface area contributed by atoms with Crippen LogP contribution in [0, 0.1) is 6.92 Å². The first-order valence-electron chi connectivity index (χ1n) is 10.4. The quantitative estimate of drug-likeness (QED) is 0.741. The van der Waals surface area contributed by atoms with Crippen LogP contribution in [0.4, 0.5) is 4.79 Å². The molecule has 0 saturated carbocycles. The molecule has 1 aliphatic heterocycles. The zero-order valence-corrected chi connectivity index (χ0v) is 19.8. The van der Waals surface area contributed by atoms with E-state index < -0.39 is 17.7 Å². The van der Waals surface area contributed by atoms with E-state index in [4.69, 9.17) is 9.47 Å². The second kappa shape index (κ2) is 9.36. The summed E-state index contributed by atoms with van der Waals surface area (Å²) in [6.07, 6.45) is -0.248. The number of hydrogen-bond donors (Lipinski definition) is 1. The van der Waals surface area contributed by atoms with Gasteiger partial charge in [-0.1, -0.05) is 24.3 Å². The number of aromatic nitrogens is 1. The van der Waals surface area contributed by atoms with Crippen LogP contribution in [0.25, 0.3) is 10.4 Å². The lowest BCUT2D eigenvalue weighted by atomic mass is 10.0. The summed E-state index contributed by atoms with van der Waals surface area (Å²) in [5.74, 6) is -0.208. The fraction of sp³-hybridized carbons (Fsp3) is 0.522. The van der Waals surface area contributed by atoms with Gasteiger partial charge >= 0.3 is 6.09 Å². The van der Waals surface area contributed by atoms with Crippen LogP contribution in [-0.2, 0) is 14.3 Å². The molecule has 2 aromatic rings. The van der Waals surface area contributed by atoms with Crippen LogP contribution >= 0.6 is 11.3 Å². The van der Waals surface area contributed by atoms with E-state index in [1.54, 1.807) is 18.4 Å². The molecule has 1 saturated heterocycles. The van der Waals surface area contributed by atoms with Crippen LogP contribution in [0.3, 0.4) is 0 Å². The molecule has 0 bridgehead atoms. The minimum absolute atomic E-state index is 0.194. The van der Waals surface area contributed by atoms with E-state index in [0.717, 1.165) is 21.7 Å². The summed E-state index contributed by atoms with van der Waals surface area (Å²) in [4.78, 5) is 32.6. The molecular weight excluding hydrogens is 414 g/mol. The average molecular weight is 446 g/mol. The van der Waals surface area contributed by atoms with Gasteiger partial charge in [0.1, 0.15) is 11.6 Å². The molecule has 1 aliphatic rings. The number of hydrogen-bond acceptors (Lipinski definition) is 6. The number of methoxy groups -OCH3 is 1. The number of amides is 2. The van der Waals surface area contributed by atoms with Gasteiger partial charge < -0.3 is 14.8 Å². The Bertz CT molecular complexity index is 920. The maximum absolute atomic E-state index is 13.0. The van der Waals surface area contributed by atoms with Crippen LogP contribution < -0.4 is 5.32 Å². The Balaban J connectivity index is 1.68. The Morgan fingerprint density at radius 2 is 1.94 bits per heavy atom. The molecule has 3 rings (SSSR count). The number of aryl methyl sites for hydroxylation is 1. The molecule has 1 unspecified atom stereocenters. The summed E-state index contributed by atoms with van der Waals surface area (Å²) < 4.78 is 10.9. The molecule has 0 aliphatic carbocycles. The highest BCUT2D eigenvalue weighted by atomic mass is 32.1. The van der Waals surface area contributed by atoms with Crippen molar-refractivity contribution in [1.82, 2.24) is 15.2 Å². The molecule has 1 aromatic heterocycles. The molecule has 1 N–H and O–H groups in total. The van der Waals surface area contributed by atoms with Crippen molar-refractivity contribution in [2.45, 2.75) is 64.8 Å². The highest BCUT2D eigenvalue weighted by Crippen LogP contribution is 2.29. The molecule has 3 atom stereocenters. The highest BCUT2D eigenvalue weighted by molar-refractivity contribution is 7.13. The molecule has 1 aromatic carbocycles. The number of nitrogens with one attached hydrogen (secondary N) is 1. The van der Waals surface area contributed by atoms with E-state index in [-0.39, 0.29) is 18.1 Å². The molecule has 0 radical (unpaired) electrons. The van der Waals surface area contributed by atoms with Crippen molar-refractivity contribution in [1.29, 1.82) is 0 Å². The van der Waals surface area contributed by atoms with E-state index in [1.807, 2.05) is 64.4 Å². The Hall–Kier alpha value is -2.45. The lowest BCUT2D eigenvalue weighted by molar-refractivity contribution is -0.126. The Morgan fingerprint density at radius 1 is 1.26 bits per heavy atom. The summed E-state index contributed by atoms with van der Waals surface area (Å²) in [5.41, 5.74) is 4.32. The van der Waals surface area contributed by atoms with Gasteiger partial charge in [0.2, 0.25) is 5.91 Å². The molecule has 0 spiro atoms. The monoisotopic (exact) mass is 445 g/mol. The topological polar surface area (TPSA) is 80.8 Å². The smallest absolute Gasteiger partial charge is 0.411 e. The number of thiazole rings is 1. The number of rotatable bonds is 5. The fourth-order valence-corrected chi connectivity index (χ4v) is 4.45. The van der Waals surface area contributed by atoms with Crippen molar-refractivity contribution in [3.8, 4) is 10.4 Å². The number of carbonyl (C=O) groups excluding carboxylic acids is 2. The minimum atomic E-state index is -0.630. The molecule has 2 amide bonds. The molecule has 8 heteroatoms. The number of nitrogens with zero attached hydrogens (tertiary/aromatic N) is 2. The molecular formula is C23H31N3O4S. The van der Waals surface area contributed by atoms with Crippen LogP contribution in [0.5, 0.6) is 0 Å². The second-order valence-corrected chi connectivity index (χ2v) is 9.72. The van der Waals surface area contributed by atoms with E-state index >= 15 is 0 Å². The van der Waals surface area contributed by atoms with E-state index in [0.29, 0.717) is 13.0 Å². The number of likely N-dealkylation sites (tertiary alicyclic amines) is 1. The predicted molar refractivity (Wildman–Crippen MR) is 121 cm³/mol. The van der Waals surface area contributed by atoms with Gasteiger partial charge in [0.05, 0.1) is 34.8 Å². The van der Waals surface area contributed by atoms with Crippen molar-refractivity contribution in [3.05, 3.63) is 41.0 Å². The van der Waals surface area contributed by atoms with Gasteiger partial charge in [-0.25, -0.2) is 9.78 Å². The van der Waals surface area contributed by atoms with E-state index in [1.165, 1.54) is 4.90 Å². The van der Waals surface area contributed by atoms with Crippen LogP contribution in [0.15, 0.2) is 29.8 Å². The first-order chi connectivity index (χ1) is 14.6. The van der Waals surface area contributed by atoms with Gasteiger partial charge in [-0.05, 0) is 45.7 Å². The maximum Gasteiger partial charge on any atom is 0.411 e. The van der Waals surface area contributed by atoms with Gasteiger partial charge in [0.15, 0.2) is 0 Å². The Kier molecular flexibility index (Phi) is 7.01. The van der Waals surface area contributed by atoms with E-state index in [2.05, 4.69) is 10.3 Å².